The van der Waals surface area contributed by atoms with Crippen LogP contribution >= 0.6 is 0 Å². The van der Waals surface area contributed by atoms with Gasteiger partial charge in [-0.25, -0.2) is 0 Å². The van der Waals surface area contributed by atoms with Crippen LogP contribution in [0.4, 0.5) is 0 Å². The molecule has 1 amide bonds. The smallest absolute Gasteiger partial charge is 0.222 e. The summed E-state index contributed by atoms with van der Waals surface area (Å²) in [6, 6.07) is 10.7. The Labute approximate surface area is 116 Å². The maximum Gasteiger partial charge on any atom is 0.222 e. The highest BCUT2D eigenvalue weighted by Crippen LogP contribution is 2.22. The van der Waals surface area contributed by atoms with Crippen LogP contribution in [0, 0.1) is 5.92 Å². The SMILES string of the molecule is CCCCC(=O)N1CCC(Cc2ccccc2)CC1. The molecule has 0 spiro atoms. The number of nitrogens with zero attached hydrogens (tertiary/aromatic N) is 1. The number of piperidine rings is 1. The van der Waals surface area contributed by atoms with Gasteiger partial charge in [0.1, 0.15) is 0 Å². The average molecular weight is 259 g/mol. The van der Waals surface area contributed by atoms with Gasteiger partial charge in [0.25, 0.3) is 0 Å². The molecule has 2 nitrogen and oxygen atoms in total. The lowest BCUT2D eigenvalue weighted by Crippen LogP contribution is -2.38. The molecule has 0 radical (unpaired) electrons. The molecule has 1 heterocycles. The van der Waals surface area contributed by atoms with E-state index in [1.807, 2.05) is 0 Å². The Morgan fingerprint density at radius 2 is 1.89 bits per heavy atom. The fraction of sp³-hybridized carbons (Fsp3) is 0.588. The van der Waals surface area contributed by atoms with Crippen molar-refractivity contribution in [2.45, 2.75) is 45.4 Å². The number of rotatable bonds is 5. The minimum Gasteiger partial charge on any atom is -0.343 e. The second-order valence-corrected chi connectivity index (χ2v) is 5.62. The zero-order valence-electron chi connectivity index (χ0n) is 12.0. The molecule has 0 bridgehead atoms. The number of likely N-dealkylation sites (tertiary alicyclic amines) is 1. The summed E-state index contributed by atoms with van der Waals surface area (Å²) in [4.78, 5) is 14.0. The lowest BCUT2D eigenvalue weighted by molar-refractivity contribution is -0.132. The molecule has 1 saturated heterocycles. The molecule has 1 fully saturated rings. The number of amides is 1. The Hall–Kier alpha value is -1.31. The zero-order valence-corrected chi connectivity index (χ0v) is 12.0. The van der Waals surface area contributed by atoms with Crippen molar-refractivity contribution < 1.29 is 4.79 Å². The first-order chi connectivity index (χ1) is 9.29. The first-order valence-electron chi connectivity index (χ1n) is 7.61. The van der Waals surface area contributed by atoms with E-state index in [1.54, 1.807) is 0 Å². The van der Waals surface area contributed by atoms with Gasteiger partial charge < -0.3 is 4.90 Å². The molecule has 1 aliphatic rings. The molecule has 1 aromatic rings. The maximum atomic E-state index is 11.9. The molecule has 19 heavy (non-hydrogen) atoms. The van der Waals surface area contributed by atoms with Crippen LogP contribution in [0.5, 0.6) is 0 Å². The van der Waals surface area contributed by atoms with Crippen molar-refractivity contribution in [2.24, 2.45) is 5.92 Å². The van der Waals surface area contributed by atoms with Crippen LogP contribution in [0.15, 0.2) is 30.3 Å². The van der Waals surface area contributed by atoms with Crippen LogP contribution in [0.1, 0.15) is 44.6 Å². The summed E-state index contributed by atoms with van der Waals surface area (Å²) in [5.41, 5.74) is 1.43. The Morgan fingerprint density at radius 3 is 2.53 bits per heavy atom. The van der Waals surface area contributed by atoms with Gasteiger partial charge in [-0.05, 0) is 37.2 Å². The molecule has 2 heteroatoms. The minimum absolute atomic E-state index is 0.361. The third-order valence-electron chi connectivity index (χ3n) is 4.08. The van der Waals surface area contributed by atoms with E-state index in [-0.39, 0.29) is 0 Å². The molecule has 0 saturated carbocycles. The van der Waals surface area contributed by atoms with Gasteiger partial charge in [0, 0.05) is 19.5 Å². The van der Waals surface area contributed by atoms with E-state index in [4.69, 9.17) is 0 Å². The zero-order chi connectivity index (χ0) is 13.5. The van der Waals surface area contributed by atoms with E-state index in [1.165, 1.54) is 5.56 Å². The number of carbonyl (C=O) groups excluding carboxylic acids is 1. The van der Waals surface area contributed by atoms with E-state index in [9.17, 15) is 4.79 Å². The first kappa shape index (κ1) is 14.1. The minimum atomic E-state index is 0.361. The highest BCUT2D eigenvalue weighted by molar-refractivity contribution is 5.76. The molecule has 104 valence electrons. The first-order valence-corrected chi connectivity index (χ1v) is 7.61. The van der Waals surface area contributed by atoms with Gasteiger partial charge in [-0.2, -0.15) is 0 Å². The average Bonchev–Trinajstić information content (AvgIpc) is 2.46. The van der Waals surface area contributed by atoms with Crippen molar-refractivity contribution in [1.82, 2.24) is 4.90 Å². The fourth-order valence-corrected chi connectivity index (χ4v) is 2.82. The van der Waals surface area contributed by atoms with Crippen LogP contribution in [0.25, 0.3) is 0 Å². The van der Waals surface area contributed by atoms with Crippen LogP contribution in [0.3, 0.4) is 0 Å². The summed E-state index contributed by atoms with van der Waals surface area (Å²) >= 11 is 0. The number of carbonyl (C=O) groups is 1. The molecule has 1 aliphatic heterocycles. The van der Waals surface area contributed by atoms with Crippen molar-refractivity contribution in [3.05, 3.63) is 35.9 Å². The Bertz CT molecular complexity index is 380. The van der Waals surface area contributed by atoms with Gasteiger partial charge >= 0.3 is 0 Å². The summed E-state index contributed by atoms with van der Waals surface area (Å²) in [5, 5.41) is 0. The highest BCUT2D eigenvalue weighted by atomic mass is 16.2. The third-order valence-corrected chi connectivity index (χ3v) is 4.08. The van der Waals surface area contributed by atoms with Gasteiger partial charge in [-0.15, -0.1) is 0 Å². The second-order valence-electron chi connectivity index (χ2n) is 5.62. The number of benzene rings is 1. The Balaban J connectivity index is 1.75. The van der Waals surface area contributed by atoms with E-state index < -0.39 is 0 Å². The van der Waals surface area contributed by atoms with Crippen molar-refractivity contribution in [1.29, 1.82) is 0 Å². The summed E-state index contributed by atoms with van der Waals surface area (Å²) in [6.07, 6.45) is 6.36. The third kappa shape index (κ3) is 4.38. The largest absolute Gasteiger partial charge is 0.343 e. The molecule has 0 atom stereocenters. The van der Waals surface area contributed by atoms with Crippen molar-refractivity contribution in [2.75, 3.05) is 13.1 Å². The molecule has 0 unspecified atom stereocenters. The van der Waals surface area contributed by atoms with E-state index in [2.05, 4.69) is 42.2 Å². The van der Waals surface area contributed by atoms with Gasteiger partial charge in [0.05, 0.1) is 0 Å². The van der Waals surface area contributed by atoms with Gasteiger partial charge in [0.2, 0.25) is 5.91 Å². The molecule has 2 rings (SSSR count). The summed E-state index contributed by atoms with van der Waals surface area (Å²) < 4.78 is 0. The summed E-state index contributed by atoms with van der Waals surface area (Å²) in [6.45, 7) is 4.06. The van der Waals surface area contributed by atoms with E-state index in [0.29, 0.717) is 5.91 Å². The predicted octanol–water partition coefficient (Wildman–Crippen LogP) is 3.66. The fourth-order valence-electron chi connectivity index (χ4n) is 2.82. The molecule has 0 N–H and O–H groups in total. The molecule has 0 aliphatic carbocycles. The van der Waals surface area contributed by atoms with Gasteiger partial charge in [-0.1, -0.05) is 43.7 Å². The van der Waals surface area contributed by atoms with Crippen LogP contribution in [-0.4, -0.2) is 23.9 Å². The van der Waals surface area contributed by atoms with E-state index >= 15 is 0 Å². The van der Waals surface area contributed by atoms with Crippen LogP contribution in [-0.2, 0) is 11.2 Å². The topological polar surface area (TPSA) is 20.3 Å². The number of hydrogen-bond acceptors (Lipinski definition) is 1. The number of unbranched alkanes of at least 4 members (excludes halogenated alkanes) is 1. The second kappa shape index (κ2) is 7.32. The van der Waals surface area contributed by atoms with E-state index in [0.717, 1.165) is 57.5 Å². The van der Waals surface area contributed by atoms with Gasteiger partial charge in [-0.3, -0.25) is 4.79 Å². The summed E-state index contributed by atoms with van der Waals surface area (Å²) in [7, 11) is 0. The predicted molar refractivity (Wildman–Crippen MR) is 79.0 cm³/mol. The van der Waals surface area contributed by atoms with Crippen molar-refractivity contribution >= 4 is 5.91 Å². The Kier molecular flexibility index (Phi) is 5.44. The lowest BCUT2D eigenvalue weighted by Gasteiger charge is -2.32. The normalized spacial score (nSPS) is 16.6. The molecule has 1 aromatic carbocycles. The molecular formula is C17H25NO. The lowest BCUT2D eigenvalue weighted by atomic mass is 9.90. The molecule has 0 aromatic heterocycles. The standard InChI is InChI=1S/C17H25NO/c1-2-3-9-17(19)18-12-10-16(11-13-18)14-15-7-5-4-6-8-15/h4-8,16H,2-3,9-14H2,1H3. The van der Waals surface area contributed by atoms with Crippen molar-refractivity contribution in [3.63, 3.8) is 0 Å². The van der Waals surface area contributed by atoms with Crippen LogP contribution in [0.2, 0.25) is 0 Å². The monoisotopic (exact) mass is 259 g/mol. The summed E-state index contributed by atoms with van der Waals surface area (Å²) in [5.74, 6) is 1.11. The molecular weight excluding hydrogens is 234 g/mol. The highest BCUT2D eigenvalue weighted by Gasteiger charge is 2.22. The number of hydrogen-bond donors (Lipinski definition) is 0. The Morgan fingerprint density at radius 1 is 1.21 bits per heavy atom. The van der Waals surface area contributed by atoms with Crippen molar-refractivity contribution in [3.8, 4) is 0 Å². The van der Waals surface area contributed by atoms with Gasteiger partial charge in [0.15, 0.2) is 0 Å². The maximum absolute atomic E-state index is 11.9. The quantitative estimate of drug-likeness (QED) is 0.790. The van der Waals surface area contributed by atoms with Crippen LogP contribution < -0.4 is 0 Å².